The van der Waals surface area contributed by atoms with Crippen molar-refractivity contribution < 1.29 is 31.1 Å². The van der Waals surface area contributed by atoms with Crippen molar-refractivity contribution >= 4 is 39.6 Å². The third kappa shape index (κ3) is 5.28. The molecule has 0 spiro atoms. The zero-order chi connectivity index (χ0) is 25.1. The van der Waals surface area contributed by atoms with Crippen LogP contribution in [0.4, 0.5) is 38.0 Å². The average Bonchev–Trinajstić information content (AvgIpc) is 3.55. The van der Waals surface area contributed by atoms with Gasteiger partial charge in [0.15, 0.2) is 0 Å². The summed E-state index contributed by atoms with van der Waals surface area (Å²) in [6, 6.07) is 3.61. The Hall–Kier alpha value is -2.05. The molecular formula is C22H24F6N4OSn. The molecule has 34 heavy (non-hydrogen) atoms. The van der Waals surface area contributed by atoms with Crippen LogP contribution in [0.15, 0.2) is 18.3 Å². The molecule has 1 aliphatic carbocycles. The van der Waals surface area contributed by atoms with E-state index in [0.717, 1.165) is 35.1 Å². The molecule has 1 amide bonds. The Morgan fingerprint density at radius 1 is 1.09 bits per heavy atom. The maximum atomic E-state index is 13.5. The predicted octanol–water partition coefficient (Wildman–Crippen LogP) is 5.11. The predicted molar refractivity (Wildman–Crippen MR) is 117 cm³/mol. The van der Waals surface area contributed by atoms with Crippen molar-refractivity contribution in [2.24, 2.45) is 0 Å². The van der Waals surface area contributed by atoms with Gasteiger partial charge in [0.2, 0.25) is 0 Å². The maximum absolute atomic E-state index is 13.5. The number of anilines is 2. The molecule has 4 rings (SSSR count). The fourth-order valence-electron chi connectivity index (χ4n) is 4.16. The Morgan fingerprint density at radius 3 is 2.32 bits per heavy atom. The van der Waals surface area contributed by atoms with E-state index in [1.165, 1.54) is 0 Å². The third-order valence-corrected chi connectivity index (χ3v) is 11.1. The second-order valence-corrected chi connectivity index (χ2v) is 24.0. The minimum atomic E-state index is -4.92. The number of nitrogens with zero attached hydrogens (tertiary/aromatic N) is 3. The van der Waals surface area contributed by atoms with E-state index in [2.05, 4.69) is 15.3 Å². The summed E-state index contributed by atoms with van der Waals surface area (Å²) in [5, 5.41) is 3.08. The topological polar surface area (TPSA) is 58.1 Å². The van der Waals surface area contributed by atoms with Gasteiger partial charge >= 0.3 is 184 Å². The number of amides is 1. The van der Waals surface area contributed by atoms with Gasteiger partial charge in [-0.2, -0.15) is 13.2 Å². The number of halogens is 6. The van der Waals surface area contributed by atoms with Gasteiger partial charge in [0.25, 0.3) is 0 Å². The van der Waals surface area contributed by atoms with Gasteiger partial charge in [-0.3, -0.25) is 0 Å². The second-order valence-electron chi connectivity index (χ2n) is 9.79. The zero-order valence-electron chi connectivity index (χ0n) is 18.9. The molecule has 1 saturated carbocycles. The fraction of sp³-hybridized carbons (Fsp3) is 0.500. The van der Waals surface area contributed by atoms with Gasteiger partial charge in [0.05, 0.1) is 0 Å². The van der Waals surface area contributed by atoms with Gasteiger partial charge in [-0.05, 0) is 0 Å². The number of carbonyl (C=O) groups is 1. The van der Waals surface area contributed by atoms with E-state index in [0.29, 0.717) is 11.3 Å². The van der Waals surface area contributed by atoms with Gasteiger partial charge in [-0.1, -0.05) is 0 Å². The van der Waals surface area contributed by atoms with Gasteiger partial charge in [0, 0.05) is 0 Å². The summed E-state index contributed by atoms with van der Waals surface area (Å²) >= 11 is -3.26. The van der Waals surface area contributed by atoms with Crippen molar-refractivity contribution in [2.75, 3.05) is 11.9 Å². The summed E-state index contributed by atoms with van der Waals surface area (Å²) in [7, 11) is 0. The zero-order valence-corrected chi connectivity index (χ0v) is 21.7. The van der Waals surface area contributed by atoms with Crippen LogP contribution in [-0.4, -0.2) is 51.9 Å². The Kier molecular flexibility index (Phi) is 6.31. The molecule has 1 aromatic carbocycles. The number of alkyl halides is 6. The van der Waals surface area contributed by atoms with Crippen LogP contribution in [0.3, 0.4) is 0 Å². The van der Waals surface area contributed by atoms with Crippen molar-refractivity contribution in [3.63, 3.8) is 0 Å². The van der Waals surface area contributed by atoms with Gasteiger partial charge < -0.3 is 0 Å². The molecule has 0 radical (unpaired) electrons. The Bertz CT molecular complexity index is 1120. The molecule has 184 valence electrons. The summed E-state index contributed by atoms with van der Waals surface area (Å²) in [5.74, 6) is -1.59. The summed E-state index contributed by atoms with van der Waals surface area (Å²) in [4.78, 5) is 26.2. The van der Waals surface area contributed by atoms with Crippen molar-refractivity contribution in [1.29, 1.82) is 0 Å². The average molecular weight is 593 g/mol. The molecule has 1 N–H and O–H groups in total. The number of carbonyl (C=O) groups excluding carboxylic acids is 1. The number of benzene rings is 1. The number of hydrogen-bond donors (Lipinski definition) is 1. The summed E-state index contributed by atoms with van der Waals surface area (Å²) in [5.41, 5.74) is 2.14. The number of rotatable bonds is 4. The first-order valence-corrected chi connectivity index (χ1v) is 20.9. The molecule has 5 nitrogen and oxygen atoms in total. The van der Waals surface area contributed by atoms with E-state index in [-0.39, 0.29) is 35.1 Å². The Labute approximate surface area is 196 Å². The number of aromatic nitrogens is 2. The van der Waals surface area contributed by atoms with Crippen LogP contribution in [0.1, 0.15) is 41.0 Å². The SMILES string of the molecule is [CH3][Sn]([CH3])([CH3])[c]1nc(Nc2cc3c(cc2C2CC2)CN(C(=O)C(F)(F)F)CC3)ncc1C(F)(F)F. The van der Waals surface area contributed by atoms with Crippen molar-refractivity contribution in [3.05, 3.63) is 40.6 Å². The standard InChI is InChI=1S/C19H15F6N4O.3CH3.Sn/c20-18(21,22)13-7-26-17(27-8-13)28-15-6-11-3-4-29(16(30)19(23,24)25)9-12(11)5-14(15)10-1-2-10;;;;/h5-7,10H,1-4,9H2,(H,26,27,28);3*1H3;. The van der Waals surface area contributed by atoms with E-state index in [1.807, 2.05) is 14.8 Å². The van der Waals surface area contributed by atoms with Gasteiger partial charge in [-0.25, -0.2) is 0 Å². The fourth-order valence-corrected chi connectivity index (χ4v) is 8.32. The van der Waals surface area contributed by atoms with E-state index in [4.69, 9.17) is 0 Å². The van der Waals surface area contributed by atoms with Crippen molar-refractivity contribution in [1.82, 2.24) is 14.9 Å². The molecule has 0 unspecified atom stereocenters. The van der Waals surface area contributed by atoms with Crippen LogP contribution in [-0.2, 0) is 23.9 Å². The summed E-state index contributed by atoms with van der Waals surface area (Å²) < 4.78 is 79.2. The molecule has 12 heteroatoms. The van der Waals surface area contributed by atoms with Crippen LogP contribution >= 0.6 is 0 Å². The van der Waals surface area contributed by atoms with E-state index < -0.39 is 42.2 Å². The number of fused-ring (bicyclic) bond motifs is 1. The minimum absolute atomic E-state index is 0.0625. The van der Waals surface area contributed by atoms with Crippen molar-refractivity contribution in [2.45, 2.75) is 58.9 Å². The van der Waals surface area contributed by atoms with E-state index in [1.54, 1.807) is 12.1 Å². The van der Waals surface area contributed by atoms with Crippen LogP contribution < -0.4 is 9.03 Å². The van der Waals surface area contributed by atoms with Crippen LogP contribution in [0.5, 0.6) is 0 Å². The first-order valence-electron chi connectivity index (χ1n) is 10.9. The van der Waals surface area contributed by atoms with Crippen LogP contribution in [0.2, 0.25) is 14.8 Å². The summed E-state index contributed by atoms with van der Waals surface area (Å²) in [6.07, 6.45) is -6.60. The molecule has 0 atom stereocenters. The quantitative estimate of drug-likeness (QED) is 0.396. The summed E-state index contributed by atoms with van der Waals surface area (Å²) in [6.45, 7) is -0.194. The molecule has 1 fully saturated rings. The molecule has 0 bridgehead atoms. The third-order valence-electron chi connectivity index (χ3n) is 5.98. The van der Waals surface area contributed by atoms with Crippen molar-refractivity contribution in [3.8, 4) is 0 Å². The molecule has 0 saturated heterocycles. The molecule has 1 aliphatic heterocycles. The number of hydrogen-bond acceptors (Lipinski definition) is 4. The van der Waals surface area contributed by atoms with Crippen LogP contribution in [0.25, 0.3) is 0 Å². The molecule has 2 aliphatic rings. The Morgan fingerprint density at radius 2 is 1.76 bits per heavy atom. The van der Waals surface area contributed by atoms with Crippen LogP contribution in [0, 0.1) is 0 Å². The van der Waals surface area contributed by atoms with Gasteiger partial charge in [-0.15, -0.1) is 0 Å². The van der Waals surface area contributed by atoms with E-state index >= 15 is 0 Å². The molecule has 2 aromatic rings. The normalized spacial score (nSPS) is 16.9. The first kappa shape index (κ1) is 25.1. The molecular weight excluding hydrogens is 569 g/mol. The molecule has 2 heterocycles. The first-order chi connectivity index (χ1) is 15.6. The second kappa shape index (κ2) is 8.56. The monoisotopic (exact) mass is 594 g/mol. The Balaban J connectivity index is 1.67. The van der Waals surface area contributed by atoms with E-state index in [9.17, 15) is 31.1 Å². The van der Waals surface area contributed by atoms with Gasteiger partial charge in [0.1, 0.15) is 0 Å². The molecule has 1 aromatic heterocycles. The number of nitrogens with one attached hydrogen (secondary N) is 1.